The van der Waals surface area contributed by atoms with Crippen LogP contribution in [0.4, 0.5) is 17.6 Å². The van der Waals surface area contributed by atoms with E-state index in [0.29, 0.717) is 29.0 Å². The molecule has 1 unspecified atom stereocenters. The van der Waals surface area contributed by atoms with Crippen LogP contribution in [0.5, 0.6) is 5.75 Å². The van der Waals surface area contributed by atoms with Gasteiger partial charge in [0.2, 0.25) is 0 Å². The molecule has 0 heterocycles. The molecule has 1 aliphatic rings. The van der Waals surface area contributed by atoms with Crippen LogP contribution in [0.2, 0.25) is 5.02 Å². The molecule has 2 aromatic rings. The summed E-state index contributed by atoms with van der Waals surface area (Å²) in [4.78, 5) is 12.7. The number of halogens is 5. The molecule has 3 rings (SSSR count). The van der Waals surface area contributed by atoms with Gasteiger partial charge in [-0.1, -0.05) is 43.0 Å². The van der Waals surface area contributed by atoms with Crippen molar-refractivity contribution in [1.29, 1.82) is 0 Å². The first kappa shape index (κ1) is 24.4. The van der Waals surface area contributed by atoms with E-state index in [2.05, 4.69) is 0 Å². The second-order valence-electron chi connectivity index (χ2n) is 7.83. The summed E-state index contributed by atoms with van der Waals surface area (Å²) >= 11 is 6.45. The largest absolute Gasteiger partial charge is 0.489 e. The highest BCUT2D eigenvalue weighted by molar-refractivity contribution is 6.32. The van der Waals surface area contributed by atoms with Crippen LogP contribution in [0.15, 0.2) is 36.4 Å². The predicted octanol–water partition coefficient (Wildman–Crippen LogP) is 7.21. The number of hydrogen-bond acceptors (Lipinski definition) is 3. The zero-order chi connectivity index (χ0) is 23.3. The fourth-order valence-electron chi connectivity index (χ4n) is 3.83. The molecule has 1 fully saturated rings. The predicted molar refractivity (Wildman–Crippen MR) is 115 cm³/mol. The van der Waals surface area contributed by atoms with E-state index >= 15 is 0 Å². The lowest BCUT2D eigenvalue weighted by Crippen LogP contribution is -2.22. The average Bonchev–Trinajstić information content (AvgIpc) is 2.71. The molecule has 0 radical (unpaired) electrons. The van der Waals surface area contributed by atoms with E-state index in [0.717, 1.165) is 31.4 Å². The lowest BCUT2D eigenvalue weighted by molar-refractivity contribution is -0.145. The molecule has 0 aliphatic heterocycles. The molecular weight excluding hydrogens is 448 g/mol. The maximum absolute atomic E-state index is 13.0. The fourth-order valence-corrected chi connectivity index (χ4v) is 4.11. The highest BCUT2D eigenvalue weighted by Crippen LogP contribution is 2.43. The van der Waals surface area contributed by atoms with Crippen molar-refractivity contribution < 1.29 is 31.8 Å². The van der Waals surface area contributed by atoms with E-state index in [4.69, 9.17) is 21.1 Å². The summed E-state index contributed by atoms with van der Waals surface area (Å²) in [6.07, 6.45) is -0.677. The number of hydrogen-bond donors (Lipinski definition) is 0. The summed E-state index contributed by atoms with van der Waals surface area (Å²) in [6, 6.07) is 7.83. The molecule has 1 aliphatic carbocycles. The summed E-state index contributed by atoms with van der Waals surface area (Å²) in [6.45, 7) is 0.956. The zero-order valence-electron chi connectivity index (χ0n) is 17.7. The Hall–Kier alpha value is -2.28. The molecule has 8 heteroatoms. The van der Waals surface area contributed by atoms with Crippen LogP contribution in [0.1, 0.15) is 49.7 Å². The van der Waals surface area contributed by atoms with Gasteiger partial charge >= 0.3 is 12.1 Å². The van der Waals surface area contributed by atoms with Gasteiger partial charge in [0.25, 0.3) is 0 Å². The molecule has 0 spiro atoms. The molecule has 0 saturated heterocycles. The number of carbonyl (C=O) groups excluding carboxylic acids is 1. The maximum Gasteiger partial charge on any atom is 0.416 e. The minimum Gasteiger partial charge on any atom is -0.489 e. The standard InChI is InChI=1S/C24H25ClF4O3/c1-2-31-23(30)20(12-15-4-3-5-15)17-13-19(22(21(25)14-17)32-11-10-26)16-6-8-18(9-7-16)24(27,28)29/h6-9,13-15,20H,2-5,10-12H2,1H3. The third kappa shape index (κ3) is 5.74. The SMILES string of the molecule is CCOC(=O)C(CC1CCC1)c1cc(Cl)c(OCCF)c(-c2ccc(C(F)(F)F)cc2)c1. The summed E-state index contributed by atoms with van der Waals surface area (Å²) < 4.78 is 62.5. The summed E-state index contributed by atoms with van der Waals surface area (Å²) in [7, 11) is 0. The zero-order valence-corrected chi connectivity index (χ0v) is 18.4. The molecule has 0 bridgehead atoms. The van der Waals surface area contributed by atoms with E-state index in [1.807, 2.05) is 0 Å². The molecular formula is C24H25ClF4O3. The Balaban J connectivity index is 2.05. The molecule has 1 atom stereocenters. The highest BCUT2D eigenvalue weighted by Gasteiger charge is 2.32. The summed E-state index contributed by atoms with van der Waals surface area (Å²) in [5, 5.41) is 0.161. The van der Waals surface area contributed by atoms with Crippen LogP contribution < -0.4 is 4.74 Å². The first-order valence-electron chi connectivity index (χ1n) is 10.6. The normalized spacial score (nSPS) is 15.2. The fraction of sp³-hybridized carbons (Fsp3) is 0.458. The molecule has 3 nitrogen and oxygen atoms in total. The topological polar surface area (TPSA) is 35.5 Å². The minimum absolute atomic E-state index is 0.161. The van der Waals surface area contributed by atoms with E-state index < -0.39 is 24.3 Å². The van der Waals surface area contributed by atoms with Crippen molar-refractivity contribution in [3.8, 4) is 16.9 Å². The van der Waals surface area contributed by atoms with Crippen molar-refractivity contribution in [2.75, 3.05) is 19.9 Å². The van der Waals surface area contributed by atoms with Gasteiger partial charge in [0.05, 0.1) is 23.1 Å². The lowest BCUT2D eigenvalue weighted by Gasteiger charge is -2.29. The molecule has 1 saturated carbocycles. The molecule has 0 amide bonds. The maximum atomic E-state index is 13.0. The van der Waals surface area contributed by atoms with Crippen molar-refractivity contribution >= 4 is 17.6 Å². The van der Waals surface area contributed by atoms with Gasteiger partial charge < -0.3 is 9.47 Å². The quantitative estimate of drug-likeness (QED) is 0.285. The van der Waals surface area contributed by atoms with E-state index in [1.165, 1.54) is 12.1 Å². The van der Waals surface area contributed by atoms with Crippen molar-refractivity contribution in [3.05, 3.63) is 52.5 Å². The monoisotopic (exact) mass is 472 g/mol. The minimum atomic E-state index is -4.47. The third-order valence-electron chi connectivity index (χ3n) is 5.68. The first-order chi connectivity index (χ1) is 15.2. The Labute approximate surface area is 189 Å². The molecule has 174 valence electrons. The van der Waals surface area contributed by atoms with Crippen molar-refractivity contribution in [1.82, 2.24) is 0 Å². The van der Waals surface area contributed by atoms with Crippen molar-refractivity contribution in [2.24, 2.45) is 5.92 Å². The van der Waals surface area contributed by atoms with Crippen LogP contribution in [0.25, 0.3) is 11.1 Å². The van der Waals surface area contributed by atoms with E-state index in [9.17, 15) is 22.4 Å². The van der Waals surface area contributed by atoms with Gasteiger partial charge in [-0.25, -0.2) is 4.39 Å². The molecule has 0 N–H and O–H groups in total. The Bertz CT molecular complexity index is 924. The van der Waals surface area contributed by atoms with Crippen LogP contribution in [-0.2, 0) is 15.7 Å². The van der Waals surface area contributed by atoms with Gasteiger partial charge in [0, 0.05) is 5.56 Å². The van der Waals surface area contributed by atoms with Gasteiger partial charge in [0.15, 0.2) is 0 Å². The van der Waals surface area contributed by atoms with Crippen molar-refractivity contribution in [3.63, 3.8) is 0 Å². The third-order valence-corrected chi connectivity index (χ3v) is 5.96. The van der Waals surface area contributed by atoms with Gasteiger partial charge in [-0.05, 0) is 54.7 Å². The summed E-state index contributed by atoms with van der Waals surface area (Å²) in [5.41, 5.74) is 0.631. The van der Waals surface area contributed by atoms with Crippen LogP contribution in [0, 0.1) is 5.92 Å². The second kappa shape index (κ2) is 10.6. The van der Waals surface area contributed by atoms with E-state index in [1.54, 1.807) is 19.1 Å². The number of rotatable bonds is 9. The number of carbonyl (C=O) groups is 1. The second-order valence-corrected chi connectivity index (χ2v) is 8.24. The molecule has 0 aromatic heterocycles. The Morgan fingerprint density at radius 3 is 2.41 bits per heavy atom. The van der Waals surface area contributed by atoms with Crippen LogP contribution in [0.3, 0.4) is 0 Å². The van der Waals surface area contributed by atoms with Gasteiger partial charge in [-0.3, -0.25) is 4.79 Å². The Kier molecular flexibility index (Phi) is 8.04. The van der Waals surface area contributed by atoms with Gasteiger partial charge in [0.1, 0.15) is 19.0 Å². The number of ether oxygens (including phenoxy) is 2. The van der Waals surface area contributed by atoms with Gasteiger partial charge in [-0.15, -0.1) is 0 Å². The molecule has 32 heavy (non-hydrogen) atoms. The number of benzene rings is 2. The van der Waals surface area contributed by atoms with E-state index in [-0.39, 0.29) is 30.0 Å². The Morgan fingerprint density at radius 2 is 1.88 bits per heavy atom. The highest BCUT2D eigenvalue weighted by atomic mass is 35.5. The number of alkyl halides is 4. The summed E-state index contributed by atoms with van der Waals surface area (Å²) in [5.74, 6) is -0.355. The number of esters is 1. The average molecular weight is 473 g/mol. The Morgan fingerprint density at radius 1 is 1.19 bits per heavy atom. The van der Waals surface area contributed by atoms with Crippen LogP contribution >= 0.6 is 11.6 Å². The first-order valence-corrected chi connectivity index (χ1v) is 11.0. The molecule has 2 aromatic carbocycles. The van der Waals surface area contributed by atoms with Crippen molar-refractivity contribution in [2.45, 2.75) is 44.7 Å². The van der Waals surface area contributed by atoms with Crippen LogP contribution in [-0.4, -0.2) is 25.9 Å². The smallest absolute Gasteiger partial charge is 0.416 e. The van der Waals surface area contributed by atoms with Gasteiger partial charge in [-0.2, -0.15) is 13.2 Å². The lowest BCUT2D eigenvalue weighted by atomic mass is 9.77.